The molecule has 1 aliphatic rings. The van der Waals surface area contributed by atoms with Gasteiger partial charge in [0.25, 0.3) is 0 Å². The molecule has 2 heteroatoms. The molecular weight excluding hydrogens is 148 g/mol. The molecule has 2 rings (SSSR count). The Hall–Kier alpha value is -1.75. The first-order chi connectivity index (χ1) is 5.92. The molecule has 2 nitrogen and oxygen atoms in total. The van der Waals surface area contributed by atoms with Crippen molar-refractivity contribution in [3.63, 3.8) is 0 Å². The van der Waals surface area contributed by atoms with Gasteiger partial charge in [-0.15, -0.1) is 0 Å². The van der Waals surface area contributed by atoms with E-state index in [0.717, 1.165) is 11.1 Å². The summed E-state index contributed by atoms with van der Waals surface area (Å²) in [6.45, 7) is 0. The van der Waals surface area contributed by atoms with Crippen molar-refractivity contribution < 1.29 is 0 Å². The molecule has 1 aromatic carbocycles. The Morgan fingerprint density at radius 1 is 1.33 bits per heavy atom. The Bertz CT molecular complexity index is 360. The lowest BCUT2D eigenvalue weighted by Gasteiger charge is -2.16. The van der Waals surface area contributed by atoms with Crippen LogP contribution in [0.4, 0.5) is 0 Å². The van der Waals surface area contributed by atoms with E-state index in [-0.39, 0.29) is 6.04 Å². The second-order valence-electron chi connectivity index (χ2n) is 2.69. The van der Waals surface area contributed by atoms with E-state index in [1.807, 2.05) is 36.5 Å². The molecule has 1 atom stereocenters. The third kappa shape index (κ3) is 0.960. The van der Waals surface area contributed by atoms with Gasteiger partial charge in [0.2, 0.25) is 0 Å². The molecule has 1 aliphatic heterocycles. The van der Waals surface area contributed by atoms with Crippen molar-refractivity contribution in [2.45, 2.75) is 6.04 Å². The standard InChI is InChI=1S/C10H8N2/c11-7-10-9-4-2-1-3-8(9)5-6-12-10/h1-6,10,12H. The summed E-state index contributed by atoms with van der Waals surface area (Å²) in [6, 6.07) is 9.92. The molecule has 58 valence electrons. The number of nitriles is 1. The molecule has 0 saturated heterocycles. The maximum absolute atomic E-state index is 8.79. The minimum Gasteiger partial charge on any atom is -0.372 e. The maximum atomic E-state index is 8.79. The molecule has 0 radical (unpaired) electrons. The summed E-state index contributed by atoms with van der Waals surface area (Å²) in [5.41, 5.74) is 2.19. The van der Waals surface area contributed by atoms with Crippen LogP contribution >= 0.6 is 0 Å². The molecule has 1 aromatic rings. The van der Waals surface area contributed by atoms with Crippen LogP contribution in [-0.2, 0) is 0 Å². The second-order valence-corrected chi connectivity index (χ2v) is 2.69. The molecule has 0 bridgehead atoms. The fraction of sp³-hybridized carbons (Fsp3) is 0.100. The topological polar surface area (TPSA) is 35.8 Å². The quantitative estimate of drug-likeness (QED) is 0.622. The van der Waals surface area contributed by atoms with E-state index in [4.69, 9.17) is 5.26 Å². The Balaban J connectivity index is 2.54. The van der Waals surface area contributed by atoms with E-state index in [0.29, 0.717) is 0 Å². The number of hydrogen-bond acceptors (Lipinski definition) is 2. The lowest BCUT2D eigenvalue weighted by Crippen LogP contribution is -2.17. The summed E-state index contributed by atoms with van der Waals surface area (Å²) in [7, 11) is 0. The van der Waals surface area contributed by atoms with Crippen LogP contribution in [0.25, 0.3) is 6.08 Å². The van der Waals surface area contributed by atoms with Crippen LogP contribution in [0.2, 0.25) is 0 Å². The summed E-state index contributed by atoms with van der Waals surface area (Å²) in [4.78, 5) is 0. The Kier molecular flexibility index (Phi) is 1.56. The van der Waals surface area contributed by atoms with Gasteiger partial charge in [-0.1, -0.05) is 24.3 Å². The molecule has 0 spiro atoms. The average molecular weight is 156 g/mol. The predicted molar refractivity (Wildman–Crippen MR) is 47.0 cm³/mol. The zero-order chi connectivity index (χ0) is 8.39. The number of hydrogen-bond donors (Lipinski definition) is 1. The molecule has 0 fully saturated rings. The Labute approximate surface area is 71.1 Å². The van der Waals surface area contributed by atoms with Crippen molar-refractivity contribution in [3.05, 3.63) is 41.6 Å². The van der Waals surface area contributed by atoms with Crippen molar-refractivity contribution in [2.75, 3.05) is 0 Å². The number of nitrogens with zero attached hydrogens (tertiary/aromatic N) is 1. The number of benzene rings is 1. The number of rotatable bonds is 0. The van der Waals surface area contributed by atoms with E-state index >= 15 is 0 Å². The van der Waals surface area contributed by atoms with E-state index in [1.54, 1.807) is 0 Å². The highest BCUT2D eigenvalue weighted by atomic mass is 14.9. The number of fused-ring (bicyclic) bond motifs is 1. The van der Waals surface area contributed by atoms with Crippen LogP contribution in [0, 0.1) is 11.3 Å². The van der Waals surface area contributed by atoms with Gasteiger partial charge in [0.15, 0.2) is 0 Å². The van der Waals surface area contributed by atoms with Crippen molar-refractivity contribution in [1.29, 1.82) is 5.26 Å². The van der Waals surface area contributed by atoms with E-state index in [1.165, 1.54) is 0 Å². The highest BCUT2D eigenvalue weighted by Gasteiger charge is 2.13. The number of nitrogens with one attached hydrogen (secondary N) is 1. The van der Waals surface area contributed by atoms with E-state index < -0.39 is 0 Å². The van der Waals surface area contributed by atoms with Gasteiger partial charge >= 0.3 is 0 Å². The lowest BCUT2D eigenvalue weighted by atomic mass is 9.99. The third-order valence-electron chi connectivity index (χ3n) is 1.96. The zero-order valence-corrected chi connectivity index (χ0v) is 6.49. The molecule has 0 amide bonds. The molecule has 0 saturated carbocycles. The van der Waals surface area contributed by atoms with Crippen molar-refractivity contribution >= 4 is 6.08 Å². The van der Waals surface area contributed by atoms with Crippen molar-refractivity contribution in [2.24, 2.45) is 0 Å². The first kappa shape index (κ1) is 6.93. The van der Waals surface area contributed by atoms with Crippen LogP contribution in [0.1, 0.15) is 17.2 Å². The van der Waals surface area contributed by atoms with E-state index in [9.17, 15) is 0 Å². The summed E-state index contributed by atoms with van der Waals surface area (Å²) < 4.78 is 0. The monoisotopic (exact) mass is 156 g/mol. The van der Waals surface area contributed by atoms with E-state index in [2.05, 4.69) is 11.4 Å². The second kappa shape index (κ2) is 2.71. The Morgan fingerprint density at radius 3 is 3.00 bits per heavy atom. The molecule has 1 unspecified atom stereocenters. The molecule has 12 heavy (non-hydrogen) atoms. The lowest BCUT2D eigenvalue weighted by molar-refractivity contribution is 0.759. The minimum absolute atomic E-state index is 0.189. The van der Waals surface area contributed by atoms with Crippen LogP contribution < -0.4 is 5.32 Å². The minimum atomic E-state index is -0.189. The normalized spacial score (nSPS) is 19.1. The van der Waals surface area contributed by atoms with Gasteiger partial charge in [-0.25, -0.2) is 0 Å². The highest BCUT2D eigenvalue weighted by Crippen LogP contribution is 2.21. The van der Waals surface area contributed by atoms with Crippen molar-refractivity contribution in [3.8, 4) is 6.07 Å². The van der Waals surface area contributed by atoms with Crippen LogP contribution in [0.3, 0.4) is 0 Å². The average Bonchev–Trinajstić information content (AvgIpc) is 2.17. The van der Waals surface area contributed by atoms with Gasteiger partial charge in [0.1, 0.15) is 6.04 Å². The first-order valence-corrected chi connectivity index (χ1v) is 3.83. The van der Waals surface area contributed by atoms with Crippen LogP contribution in [-0.4, -0.2) is 0 Å². The van der Waals surface area contributed by atoms with Crippen LogP contribution in [0.5, 0.6) is 0 Å². The molecular formula is C10H8N2. The summed E-state index contributed by atoms with van der Waals surface area (Å²) >= 11 is 0. The van der Waals surface area contributed by atoms with Gasteiger partial charge in [-0.05, 0) is 23.4 Å². The maximum Gasteiger partial charge on any atom is 0.140 e. The van der Waals surface area contributed by atoms with Crippen molar-refractivity contribution in [1.82, 2.24) is 5.32 Å². The fourth-order valence-electron chi connectivity index (χ4n) is 1.36. The first-order valence-electron chi connectivity index (χ1n) is 3.83. The van der Waals surface area contributed by atoms with Gasteiger partial charge in [-0.2, -0.15) is 5.26 Å². The van der Waals surface area contributed by atoms with Gasteiger partial charge in [0.05, 0.1) is 6.07 Å². The van der Waals surface area contributed by atoms with Gasteiger partial charge < -0.3 is 5.32 Å². The largest absolute Gasteiger partial charge is 0.372 e. The summed E-state index contributed by atoms with van der Waals surface area (Å²) in [6.07, 6.45) is 3.79. The van der Waals surface area contributed by atoms with Gasteiger partial charge in [0, 0.05) is 0 Å². The molecule has 0 aliphatic carbocycles. The molecule has 0 aromatic heterocycles. The SMILES string of the molecule is N#CC1NC=Cc2ccccc21. The highest BCUT2D eigenvalue weighted by molar-refractivity contribution is 5.57. The Morgan fingerprint density at radius 2 is 2.17 bits per heavy atom. The summed E-state index contributed by atoms with van der Waals surface area (Å²) in [5, 5.41) is 11.8. The zero-order valence-electron chi connectivity index (χ0n) is 6.49. The third-order valence-corrected chi connectivity index (χ3v) is 1.96. The summed E-state index contributed by atoms with van der Waals surface area (Å²) in [5.74, 6) is 0. The fourth-order valence-corrected chi connectivity index (χ4v) is 1.36. The predicted octanol–water partition coefficient (Wildman–Crippen LogP) is 1.83. The molecule has 1 heterocycles. The smallest absolute Gasteiger partial charge is 0.140 e. The molecule has 1 N–H and O–H groups in total. The van der Waals surface area contributed by atoms with Gasteiger partial charge in [-0.3, -0.25) is 0 Å². The van der Waals surface area contributed by atoms with Crippen LogP contribution in [0.15, 0.2) is 30.5 Å².